The van der Waals surface area contributed by atoms with Crippen LogP contribution in [0.25, 0.3) is 0 Å². The summed E-state index contributed by atoms with van der Waals surface area (Å²) in [6.07, 6.45) is -0.809. The van der Waals surface area contributed by atoms with E-state index in [2.05, 4.69) is 0 Å². The second-order valence-corrected chi connectivity index (χ2v) is 3.23. The molecule has 4 nitrogen and oxygen atoms in total. The van der Waals surface area contributed by atoms with Gasteiger partial charge >= 0.3 is 0 Å². The van der Waals surface area contributed by atoms with Crippen molar-refractivity contribution in [3.8, 4) is 0 Å². The summed E-state index contributed by atoms with van der Waals surface area (Å²) in [5.74, 6) is 0. The molecule has 1 aromatic carbocycles. The Hall–Kier alpha value is 0.0600. The number of benzene rings is 1. The smallest absolute Gasteiger partial charge is 0.116 e. The highest BCUT2D eigenvalue weighted by Crippen LogP contribution is 2.17. The molecule has 0 aromatic heterocycles. The Labute approximate surface area is 126 Å². The number of aliphatic hydroxyl groups is 1. The molecule has 0 heterocycles. The highest BCUT2D eigenvalue weighted by Gasteiger charge is 2.27. The van der Waals surface area contributed by atoms with Crippen LogP contribution in [0.2, 0.25) is 0 Å². The Morgan fingerprint density at radius 1 is 1.00 bits per heavy atom. The number of aliphatic hydroxyl groups excluding tert-OH is 1. The van der Waals surface area contributed by atoms with E-state index in [1.807, 2.05) is 0 Å². The summed E-state index contributed by atoms with van der Waals surface area (Å²) in [5, 5.41) is 9.32. The molecule has 0 amide bonds. The average Bonchev–Trinajstić information content (AvgIpc) is 2.04. The van der Waals surface area contributed by atoms with Crippen LogP contribution in [-0.2, 0) is 5.66 Å². The van der Waals surface area contributed by atoms with Crippen LogP contribution in [0.5, 0.6) is 0 Å². The Morgan fingerprint density at radius 2 is 1.35 bits per heavy atom. The van der Waals surface area contributed by atoms with E-state index in [4.69, 9.17) is 17.2 Å². The second kappa shape index (κ2) is 10.0. The van der Waals surface area contributed by atoms with Crippen molar-refractivity contribution in [2.24, 2.45) is 11.5 Å². The molecule has 0 radical (unpaired) electrons. The van der Waals surface area contributed by atoms with Gasteiger partial charge in [0.15, 0.2) is 0 Å². The molecule has 1 aromatic rings. The summed E-state index contributed by atoms with van der Waals surface area (Å²) < 4.78 is 0. The van der Waals surface area contributed by atoms with Crippen molar-refractivity contribution in [3.05, 3.63) is 29.8 Å². The van der Waals surface area contributed by atoms with E-state index in [0.29, 0.717) is 11.3 Å². The number of hydrogen-bond donors (Lipinski definition) is 4. The van der Waals surface area contributed by atoms with Gasteiger partial charge in [-0.2, -0.15) is 0 Å². The van der Waals surface area contributed by atoms with Crippen LogP contribution in [0.3, 0.4) is 0 Å². The maximum Gasteiger partial charge on any atom is 0.116 e. The number of nitrogens with two attached hydrogens (primary N) is 3. The standard InChI is InChI=1S/C9H15N3O.4ClH/c1-6(13)9(11,12)7-2-4-8(10)5-3-7;;;;/h2-6,13H,10-12H2,1H3;4*1H. The van der Waals surface area contributed by atoms with Crippen LogP contribution in [0.4, 0.5) is 5.69 Å². The van der Waals surface area contributed by atoms with Crippen molar-refractivity contribution in [3.63, 3.8) is 0 Å². The van der Waals surface area contributed by atoms with E-state index in [0.717, 1.165) is 0 Å². The topological polar surface area (TPSA) is 98.3 Å². The number of halogens is 4. The van der Waals surface area contributed by atoms with E-state index in [9.17, 15) is 5.11 Å². The van der Waals surface area contributed by atoms with Crippen molar-refractivity contribution in [1.82, 2.24) is 0 Å². The molecule has 8 heteroatoms. The fourth-order valence-electron chi connectivity index (χ4n) is 1.01. The fraction of sp³-hybridized carbons (Fsp3) is 0.333. The van der Waals surface area contributed by atoms with Gasteiger partial charge in [0.05, 0.1) is 6.10 Å². The zero-order valence-corrected chi connectivity index (χ0v) is 12.5. The van der Waals surface area contributed by atoms with E-state index in [-0.39, 0.29) is 49.6 Å². The molecule has 0 bridgehead atoms. The lowest BCUT2D eigenvalue weighted by atomic mass is 9.96. The van der Waals surface area contributed by atoms with Gasteiger partial charge < -0.3 is 22.3 Å². The Kier molecular flexibility index (Phi) is 15.2. The summed E-state index contributed by atoms with van der Waals surface area (Å²) in [6, 6.07) is 6.82. The van der Waals surface area contributed by atoms with Crippen LogP contribution in [0.15, 0.2) is 24.3 Å². The highest BCUT2D eigenvalue weighted by molar-refractivity contribution is 5.86. The molecule has 1 atom stereocenters. The first-order valence-corrected chi connectivity index (χ1v) is 4.06. The molecule has 0 saturated heterocycles. The minimum absolute atomic E-state index is 0. The summed E-state index contributed by atoms with van der Waals surface area (Å²) in [6.45, 7) is 1.55. The lowest BCUT2D eigenvalue weighted by Gasteiger charge is -2.28. The molecule has 1 unspecified atom stereocenters. The third-order valence-electron chi connectivity index (χ3n) is 2.10. The molecular weight excluding hydrogens is 308 g/mol. The average molecular weight is 327 g/mol. The van der Waals surface area contributed by atoms with Gasteiger partial charge in [0, 0.05) is 5.69 Å². The predicted molar refractivity (Wildman–Crippen MR) is 81.6 cm³/mol. The third-order valence-corrected chi connectivity index (χ3v) is 2.10. The summed E-state index contributed by atoms with van der Waals surface area (Å²) in [7, 11) is 0. The van der Waals surface area contributed by atoms with Crippen LogP contribution >= 0.6 is 49.6 Å². The van der Waals surface area contributed by atoms with Crippen LogP contribution < -0.4 is 17.2 Å². The maximum atomic E-state index is 9.32. The van der Waals surface area contributed by atoms with Crippen molar-refractivity contribution in [2.75, 3.05) is 5.73 Å². The minimum atomic E-state index is -1.21. The van der Waals surface area contributed by atoms with Gasteiger partial charge in [-0.15, -0.1) is 49.6 Å². The first kappa shape index (κ1) is 25.8. The molecule has 7 N–H and O–H groups in total. The van der Waals surface area contributed by atoms with Gasteiger partial charge in [0.25, 0.3) is 0 Å². The molecular formula is C9H19Cl4N3O. The molecule has 104 valence electrons. The summed E-state index contributed by atoms with van der Waals surface area (Å²) in [5.41, 5.74) is 17.0. The van der Waals surface area contributed by atoms with Crippen molar-refractivity contribution in [2.45, 2.75) is 18.7 Å². The summed E-state index contributed by atoms with van der Waals surface area (Å²) >= 11 is 0. The fourth-order valence-corrected chi connectivity index (χ4v) is 1.01. The Bertz CT molecular complexity index is 293. The number of hydrogen-bond acceptors (Lipinski definition) is 4. The molecule has 0 aliphatic rings. The Balaban J connectivity index is -0.000000211. The molecule has 0 spiro atoms. The van der Waals surface area contributed by atoms with Crippen molar-refractivity contribution < 1.29 is 5.11 Å². The first-order chi connectivity index (χ1) is 5.94. The zero-order valence-electron chi connectivity index (χ0n) is 9.20. The van der Waals surface area contributed by atoms with Gasteiger partial charge in [-0.25, -0.2) is 0 Å². The lowest BCUT2D eigenvalue weighted by molar-refractivity contribution is 0.103. The minimum Gasteiger partial charge on any atom is -0.399 e. The SMILES string of the molecule is CC(O)C(N)(N)c1ccc(N)cc1.Cl.Cl.Cl.Cl. The predicted octanol–water partition coefficient (Wildman–Crippen LogP) is 1.41. The molecule has 1 rings (SSSR count). The maximum absolute atomic E-state index is 9.32. The number of anilines is 1. The normalized spacial score (nSPS) is 10.8. The van der Waals surface area contributed by atoms with Gasteiger partial charge in [0.1, 0.15) is 5.66 Å². The van der Waals surface area contributed by atoms with Crippen LogP contribution in [0.1, 0.15) is 12.5 Å². The third kappa shape index (κ3) is 6.52. The Morgan fingerprint density at radius 3 is 1.65 bits per heavy atom. The highest BCUT2D eigenvalue weighted by atomic mass is 35.5. The largest absolute Gasteiger partial charge is 0.399 e. The van der Waals surface area contributed by atoms with E-state index >= 15 is 0 Å². The summed E-state index contributed by atoms with van der Waals surface area (Å²) in [4.78, 5) is 0. The monoisotopic (exact) mass is 325 g/mol. The molecule has 0 aliphatic carbocycles. The van der Waals surface area contributed by atoms with E-state index < -0.39 is 11.8 Å². The number of rotatable bonds is 2. The van der Waals surface area contributed by atoms with Crippen molar-refractivity contribution in [1.29, 1.82) is 0 Å². The van der Waals surface area contributed by atoms with Gasteiger partial charge in [0.2, 0.25) is 0 Å². The molecule has 0 saturated carbocycles. The van der Waals surface area contributed by atoms with Crippen molar-refractivity contribution >= 4 is 55.3 Å². The van der Waals surface area contributed by atoms with Crippen LogP contribution in [0, 0.1) is 0 Å². The lowest BCUT2D eigenvalue weighted by Crippen LogP contribution is -2.54. The number of nitrogen functional groups attached to an aromatic ring is 1. The van der Waals surface area contributed by atoms with E-state index in [1.54, 1.807) is 31.2 Å². The van der Waals surface area contributed by atoms with Crippen LogP contribution in [-0.4, -0.2) is 11.2 Å². The van der Waals surface area contributed by atoms with Gasteiger partial charge in [-0.3, -0.25) is 0 Å². The second-order valence-electron chi connectivity index (χ2n) is 3.23. The molecule has 0 fully saturated rings. The van der Waals surface area contributed by atoms with E-state index in [1.165, 1.54) is 0 Å². The zero-order chi connectivity index (χ0) is 10.1. The van der Waals surface area contributed by atoms with Gasteiger partial charge in [-0.05, 0) is 24.6 Å². The van der Waals surface area contributed by atoms with Gasteiger partial charge in [-0.1, -0.05) is 12.1 Å². The molecule has 0 aliphatic heterocycles. The molecule has 17 heavy (non-hydrogen) atoms. The first-order valence-electron chi connectivity index (χ1n) is 4.06. The quantitative estimate of drug-likeness (QED) is 0.488.